The maximum absolute atomic E-state index is 15.5. The number of rotatable bonds is 16. The number of likely N-dealkylation sites (N-methyl/N-ethyl adjacent to an activating group) is 7. The quantitative estimate of drug-likeness (QED) is 0.184. The lowest BCUT2D eigenvalue weighted by atomic mass is 9.84. The molecule has 0 unspecified atom stereocenters. The summed E-state index contributed by atoms with van der Waals surface area (Å²) in [5, 5.41) is 15.4. The highest BCUT2D eigenvalue weighted by molar-refractivity contribution is 6.00. The molecule has 0 aromatic carbocycles. The number of nitrogens with zero attached hydrogens (tertiary/aromatic N) is 9. The van der Waals surface area contributed by atoms with Gasteiger partial charge < -0.3 is 54.5 Å². The van der Waals surface area contributed by atoms with Crippen LogP contribution >= 0.6 is 0 Å². The molecule has 15 atom stereocenters. The van der Waals surface area contributed by atoms with Gasteiger partial charge in [0.05, 0.1) is 18.2 Å². The topological polar surface area (TPSA) is 249 Å². The molecular formula is C71H126N10O12. The van der Waals surface area contributed by atoms with Crippen LogP contribution in [0.5, 0.6) is 0 Å². The number of nitrogens with one attached hydrogen (secondary N) is 1. The van der Waals surface area contributed by atoms with Crippen molar-refractivity contribution in [1.82, 2.24) is 49.4 Å². The SMILES string of the molecule is CC[C@H]1CC(=O)[C@@H]([C@H](O)[C@H](C)CCN2C[C@H]3CN(C)C[C@H]3C2)N(C)C(=O)[C@@H](C(C)C)N(C)C(=O)[C@@H](CC(C)C)N(C)C(=O)[C@@H](CC(C)C)N(C)C(=O)[C@H](C)NC(=O)[C@@H](C)CC(=O)[C@@H](CC(C)C)N(C)C(=O)[C@@H](C(C)C)CC(=O)[C@H](CC(C)C)N(C)C(=O)[C@@H](C)N(C)C1=O. The summed E-state index contributed by atoms with van der Waals surface area (Å²) in [6, 6.07) is -9.25. The van der Waals surface area contributed by atoms with Gasteiger partial charge in [0.2, 0.25) is 47.3 Å². The van der Waals surface area contributed by atoms with Gasteiger partial charge in [-0.3, -0.25) is 52.7 Å². The van der Waals surface area contributed by atoms with E-state index in [0.717, 1.165) is 26.2 Å². The molecular weight excluding hydrogens is 1180 g/mol. The Morgan fingerprint density at radius 3 is 1.31 bits per heavy atom. The van der Waals surface area contributed by atoms with Crippen molar-refractivity contribution in [3.05, 3.63) is 0 Å². The zero-order valence-corrected chi connectivity index (χ0v) is 62.0. The van der Waals surface area contributed by atoms with Crippen LogP contribution < -0.4 is 5.32 Å². The minimum atomic E-state index is -1.48. The van der Waals surface area contributed by atoms with Crippen LogP contribution in [0.25, 0.3) is 0 Å². The molecule has 22 heteroatoms. The summed E-state index contributed by atoms with van der Waals surface area (Å²) in [5.41, 5.74) is 0. The van der Waals surface area contributed by atoms with Gasteiger partial charge in [-0.15, -0.1) is 0 Å². The van der Waals surface area contributed by atoms with Gasteiger partial charge in [-0.2, -0.15) is 0 Å². The van der Waals surface area contributed by atoms with E-state index in [1.807, 2.05) is 76.2 Å². The molecule has 93 heavy (non-hydrogen) atoms. The Labute approximate surface area is 559 Å². The van der Waals surface area contributed by atoms with E-state index in [9.17, 15) is 38.7 Å². The Kier molecular flexibility index (Phi) is 31.8. The molecule has 0 aromatic heterocycles. The average Bonchev–Trinajstić information content (AvgIpc) is 1.00. The number of carbonyl (C=O) groups is 11. The summed E-state index contributed by atoms with van der Waals surface area (Å²) >= 11 is 0. The fraction of sp³-hybridized carbons (Fsp3) is 0.845. The van der Waals surface area contributed by atoms with Gasteiger partial charge >= 0.3 is 0 Å². The maximum Gasteiger partial charge on any atom is 0.246 e. The summed E-state index contributed by atoms with van der Waals surface area (Å²) in [4.78, 5) is 177. The molecule has 0 radical (unpaired) electrons. The van der Waals surface area contributed by atoms with Gasteiger partial charge in [0.25, 0.3) is 0 Å². The molecule has 2 N–H and O–H groups in total. The predicted molar refractivity (Wildman–Crippen MR) is 363 cm³/mol. The van der Waals surface area contributed by atoms with Crippen LogP contribution in [0.3, 0.4) is 0 Å². The first kappa shape index (κ1) is 81.9. The van der Waals surface area contributed by atoms with Gasteiger partial charge in [0, 0.05) is 113 Å². The van der Waals surface area contributed by atoms with E-state index in [4.69, 9.17) is 0 Å². The van der Waals surface area contributed by atoms with Crippen LogP contribution in [0.15, 0.2) is 0 Å². The van der Waals surface area contributed by atoms with Crippen LogP contribution in [0.1, 0.15) is 175 Å². The van der Waals surface area contributed by atoms with E-state index in [2.05, 4.69) is 22.2 Å². The fourth-order valence-electron chi connectivity index (χ4n) is 14.3. The standard InChI is InChI=1S/C71H126N10O12/c1-26-50-34-60(84)62(63(85)46(14)27-28-81-38-51-36-73(18)37-52(51)39-81)80(25)71(93)61(45(12)13)79(24)70(92)57(32-43(8)9)78(23)69(91)56(31-42(6)7)77(22)65(87)48(16)72-64(86)47(15)33-58(82)54(29-40(2)3)76(21)68(90)53(44(10)11)35-59(83)55(30-41(4)5)75(20)66(88)49(17)74(19)67(50)89/h40-57,61-63,85H,26-39H2,1-25H3,(H,72,86)/t46-,47+,48+,49-,50+,51-,52+,53-,54-,55+,56-,57-,61-,62+,63-/m1/s1. The molecule has 0 spiro atoms. The predicted octanol–water partition coefficient (Wildman–Crippen LogP) is 5.85. The number of hydrogen-bond donors (Lipinski definition) is 2. The monoisotopic (exact) mass is 1310 g/mol. The lowest BCUT2D eigenvalue weighted by molar-refractivity contribution is -0.157. The second-order valence-electron chi connectivity index (χ2n) is 30.9. The van der Waals surface area contributed by atoms with Crippen LogP contribution in [0, 0.1) is 71.0 Å². The third-order valence-electron chi connectivity index (χ3n) is 20.5. The van der Waals surface area contributed by atoms with Crippen LogP contribution in [-0.4, -0.2) is 257 Å². The zero-order chi connectivity index (χ0) is 71.3. The number of amides is 8. The van der Waals surface area contributed by atoms with Crippen molar-refractivity contribution in [3.8, 4) is 0 Å². The van der Waals surface area contributed by atoms with E-state index in [1.165, 1.54) is 90.6 Å². The molecule has 0 saturated carbocycles. The average molecular weight is 1310 g/mol. The number of ketones is 3. The Morgan fingerprint density at radius 1 is 0.441 bits per heavy atom. The Bertz CT molecular complexity index is 2560. The summed E-state index contributed by atoms with van der Waals surface area (Å²) in [7, 11) is 12.5. The molecule has 3 aliphatic rings. The highest BCUT2D eigenvalue weighted by Crippen LogP contribution is 2.33. The van der Waals surface area contributed by atoms with Gasteiger partial charge in [0.15, 0.2) is 17.3 Å². The summed E-state index contributed by atoms with van der Waals surface area (Å²) in [6.07, 6.45) is -0.886. The molecule has 0 aliphatic carbocycles. The van der Waals surface area contributed by atoms with Crippen molar-refractivity contribution in [1.29, 1.82) is 0 Å². The first-order chi connectivity index (χ1) is 43.0. The maximum atomic E-state index is 15.5. The molecule has 532 valence electrons. The van der Waals surface area contributed by atoms with Crippen molar-refractivity contribution in [2.24, 2.45) is 71.0 Å². The normalized spacial score (nSPS) is 30.1. The first-order valence-electron chi connectivity index (χ1n) is 34.9. The molecule has 3 saturated heterocycles. The molecule has 0 aromatic rings. The number of carbonyl (C=O) groups excluding carboxylic acids is 11. The van der Waals surface area contributed by atoms with E-state index >= 15 is 19.2 Å². The number of hydrogen-bond acceptors (Lipinski definition) is 14. The Morgan fingerprint density at radius 2 is 0.860 bits per heavy atom. The minimum absolute atomic E-state index is 0.0682. The van der Waals surface area contributed by atoms with Gasteiger partial charge in [0.1, 0.15) is 36.3 Å². The number of Topliss-reactive ketones (excluding diaryl/α,β-unsaturated/α-hetero) is 3. The third kappa shape index (κ3) is 21.6. The zero-order valence-electron chi connectivity index (χ0n) is 62.0. The van der Waals surface area contributed by atoms with Crippen molar-refractivity contribution in [2.75, 3.05) is 89.1 Å². The Hall–Kier alpha value is -5.35. The van der Waals surface area contributed by atoms with Crippen molar-refractivity contribution in [2.45, 2.75) is 230 Å². The van der Waals surface area contributed by atoms with Gasteiger partial charge in [-0.05, 0) is 119 Å². The van der Waals surface area contributed by atoms with E-state index in [1.54, 1.807) is 34.6 Å². The lowest BCUT2D eigenvalue weighted by Gasteiger charge is -2.42. The molecule has 3 aliphatic heterocycles. The molecule has 0 bridgehead atoms. The fourth-order valence-corrected chi connectivity index (χ4v) is 14.3. The molecule has 3 rings (SSSR count). The largest absolute Gasteiger partial charge is 0.390 e. The molecule has 22 nitrogen and oxygen atoms in total. The lowest BCUT2D eigenvalue weighted by Crippen LogP contribution is -2.62. The molecule has 3 fully saturated rings. The van der Waals surface area contributed by atoms with E-state index in [0.29, 0.717) is 24.8 Å². The number of likely N-dealkylation sites (tertiary alicyclic amines) is 2. The van der Waals surface area contributed by atoms with Crippen LogP contribution in [0.2, 0.25) is 0 Å². The van der Waals surface area contributed by atoms with E-state index in [-0.39, 0.29) is 86.1 Å². The summed E-state index contributed by atoms with van der Waals surface area (Å²) in [6.45, 7) is 35.2. The second-order valence-corrected chi connectivity index (χ2v) is 30.9. The summed E-state index contributed by atoms with van der Waals surface area (Å²) in [5.74, 6) is -9.55. The van der Waals surface area contributed by atoms with Crippen molar-refractivity contribution < 1.29 is 57.8 Å². The minimum Gasteiger partial charge on any atom is -0.390 e. The van der Waals surface area contributed by atoms with Gasteiger partial charge in [-0.1, -0.05) is 104 Å². The molecule has 3 heterocycles. The number of aliphatic hydroxyl groups excluding tert-OH is 1. The summed E-state index contributed by atoms with van der Waals surface area (Å²) < 4.78 is 0. The number of aliphatic hydroxyl groups is 1. The van der Waals surface area contributed by atoms with Gasteiger partial charge in [-0.25, -0.2) is 0 Å². The highest BCUT2D eigenvalue weighted by Gasteiger charge is 2.47. The third-order valence-corrected chi connectivity index (χ3v) is 20.5. The van der Waals surface area contributed by atoms with Crippen LogP contribution in [-0.2, 0) is 52.7 Å². The van der Waals surface area contributed by atoms with E-state index < -0.39 is 143 Å². The molecule has 8 amide bonds. The van der Waals surface area contributed by atoms with Crippen molar-refractivity contribution >= 4 is 64.6 Å². The van der Waals surface area contributed by atoms with Crippen LogP contribution in [0.4, 0.5) is 0 Å². The second kappa shape index (κ2) is 36.1. The number of fused-ring (bicyclic) bond motifs is 1. The first-order valence-corrected chi connectivity index (χ1v) is 34.9. The Balaban J connectivity index is 2.30. The highest BCUT2D eigenvalue weighted by atomic mass is 16.3. The smallest absolute Gasteiger partial charge is 0.246 e. The van der Waals surface area contributed by atoms with Crippen molar-refractivity contribution in [3.63, 3.8) is 0 Å².